The van der Waals surface area contributed by atoms with Crippen molar-refractivity contribution in [3.05, 3.63) is 47.4 Å². The SMILES string of the molecule is CN1C(=O)C=C[C@]2(C)[C@H]3CC[C@]4(C)[C@@H](CC(=O)NCc5cccc[n+]5[O-])CC[C@H]4[C@@H]3CC[C@@H]12. The van der Waals surface area contributed by atoms with Crippen LogP contribution in [0.5, 0.6) is 0 Å². The fourth-order valence-corrected chi connectivity index (χ4v) is 8.27. The quantitative estimate of drug-likeness (QED) is 0.562. The highest BCUT2D eigenvalue weighted by Crippen LogP contribution is 2.65. The number of amides is 2. The number of hydrogen-bond donors (Lipinski definition) is 1. The smallest absolute Gasteiger partial charge is 0.246 e. The first-order valence-electron chi connectivity index (χ1n) is 12.6. The molecule has 0 radical (unpaired) electrons. The lowest BCUT2D eigenvalue weighted by molar-refractivity contribution is -0.614. The van der Waals surface area contributed by atoms with Crippen LogP contribution < -0.4 is 10.0 Å². The molecule has 2 heterocycles. The van der Waals surface area contributed by atoms with Gasteiger partial charge in [0.25, 0.3) is 0 Å². The van der Waals surface area contributed by atoms with E-state index in [1.54, 1.807) is 18.2 Å². The van der Waals surface area contributed by atoms with Gasteiger partial charge in [0.2, 0.25) is 17.5 Å². The van der Waals surface area contributed by atoms with Gasteiger partial charge in [-0.3, -0.25) is 9.59 Å². The molecule has 33 heavy (non-hydrogen) atoms. The number of fused-ring (bicyclic) bond motifs is 5. The van der Waals surface area contributed by atoms with Crippen LogP contribution in [0, 0.1) is 39.7 Å². The minimum Gasteiger partial charge on any atom is -0.618 e. The van der Waals surface area contributed by atoms with Crippen molar-refractivity contribution in [3.8, 4) is 0 Å². The molecule has 6 nitrogen and oxygen atoms in total. The molecular formula is C27H37N3O3. The third-order valence-corrected chi connectivity index (χ3v) is 10.1. The van der Waals surface area contributed by atoms with E-state index in [0.717, 1.165) is 24.0 Å². The molecule has 3 saturated carbocycles. The second-order valence-electron chi connectivity index (χ2n) is 11.4. The molecule has 0 saturated heterocycles. The Morgan fingerprint density at radius 2 is 2.00 bits per heavy atom. The normalized spacial score (nSPS) is 39.5. The summed E-state index contributed by atoms with van der Waals surface area (Å²) in [7, 11) is 1.97. The molecular weight excluding hydrogens is 414 g/mol. The van der Waals surface area contributed by atoms with Crippen molar-refractivity contribution in [2.24, 2.45) is 34.5 Å². The molecule has 6 heteroatoms. The molecule has 4 aliphatic rings. The first kappa shape index (κ1) is 22.4. The monoisotopic (exact) mass is 451 g/mol. The highest BCUT2D eigenvalue weighted by molar-refractivity contribution is 5.89. The lowest BCUT2D eigenvalue weighted by Gasteiger charge is -2.60. The average Bonchev–Trinajstić information content (AvgIpc) is 3.12. The van der Waals surface area contributed by atoms with Crippen molar-refractivity contribution in [1.82, 2.24) is 10.2 Å². The van der Waals surface area contributed by atoms with E-state index in [4.69, 9.17) is 0 Å². The molecule has 0 aromatic carbocycles. The van der Waals surface area contributed by atoms with Crippen LogP contribution >= 0.6 is 0 Å². The van der Waals surface area contributed by atoms with Gasteiger partial charge in [-0.05, 0) is 79.8 Å². The Bertz CT molecular complexity index is 977. The predicted octanol–water partition coefficient (Wildman–Crippen LogP) is 3.58. The third-order valence-electron chi connectivity index (χ3n) is 10.1. The van der Waals surface area contributed by atoms with Crippen LogP contribution in [-0.4, -0.2) is 29.8 Å². The van der Waals surface area contributed by atoms with Crippen LogP contribution in [0.25, 0.3) is 0 Å². The summed E-state index contributed by atoms with van der Waals surface area (Å²) >= 11 is 0. The van der Waals surface area contributed by atoms with Gasteiger partial charge in [0.05, 0.1) is 0 Å². The first-order valence-corrected chi connectivity index (χ1v) is 12.6. The zero-order chi connectivity index (χ0) is 23.4. The van der Waals surface area contributed by atoms with Crippen molar-refractivity contribution in [3.63, 3.8) is 0 Å². The van der Waals surface area contributed by atoms with Crippen LogP contribution in [0.2, 0.25) is 0 Å². The lowest BCUT2D eigenvalue weighted by Crippen LogP contribution is -2.59. The van der Waals surface area contributed by atoms with Gasteiger partial charge in [-0.25, -0.2) is 0 Å². The van der Waals surface area contributed by atoms with Crippen molar-refractivity contribution in [2.75, 3.05) is 7.05 Å². The standard InChI is InChI=1S/C27H37N3O3/c1-26-13-11-22-20(8-10-23-27(22,2)14-12-25(32)29(23)3)21(26)9-7-18(26)16-24(31)28-17-19-6-4-5-15-30(19)33/h4-6,12,14-15,18,20-23H,7-11,13,16-17H2,1-3H3,(H,28,31)/t18-,20+,21+,22+,23-,26-,27-/m1/s1. The molecule has 0 spiro atoms. The van der Waals surface area contributed by atoms with Crippen LogP contribution in [0.4, 0.5) is 0 Å². The van der Waals surface area contributed by atoms with E-state index in [9.17, 15) is 14.8 Å². The molecule has 178 valence electrons. The van der Waals surface area contributed by atoms with Crippen molar-refractivity contribution >= 4 is 11.8 Å². The fourth-order valence-electron chi connectivity index (χ4n) is 8.27. The summed E-state index contributed by atoms with van der Waals surface area (Å²) in [5, 5.41) is 14.8. The van der Waals surface area contributed by atoms with Crippen molar-refractivity contribution in [1.29, 1.82) is 0 Å². The van der Waals surface area contributed by atoms with Crippen LogP contribution in [0.3, 0.4) is 0 Å². The molecule has 1 N–H and O–H groups in total. The van der Waals surface area contributed by atoms with E-state index in [1.807, 2.05) is 18.0 Å². The van der Waals surface area contributed by atoms with Gasteiger partial charge in [-0.1, -0.05) is 19.9 Å². The van der Waals surface area contributed by atoms with Crippen LogP contribution in [0.15, 0.2) is 36.5 Å². The van der Waals surface area contributed by atoms with Gasteiger partial charge < -0.3 is 15.4 Å². The number of hydrogen-bond acceptors (Lipinski definition) is 3. The minimum atomic E-state index is 0.0545. The van der Waals surface area contributed by atoms with Crippen molar-refractivity contribution < 1.29 is 14.3 Å². The summed E-state index contributed by atoms with van der Waals surface area (Å²) in [6.07, 6.45) is 13.0. The average molecular weight is 452 g/mol. The summed E-state index contributed by atoms with van der Waals surface area (Å²) in [6.45, 7) is 5.09. The van der Waals surface area contributed by atoms with Crippen LogP contribution in [-0.2, 0) is 16.1 Å². The summed E-state index contributed by atoms with van der Waals surface area (Å²) in [4.78, 5) is 27.1. The molecule has 3 aliphatic carbocycles. The highest BCUT2D eigenvalue weighted by atomic mass is 16.5. The Hall–Kier alpha value is -2.37. The number of likely N-dealkylation sites (N-methyl/N-ethyl adjacent to an activating group) is 1. The molecule has 0 unspecified atom stereocenters. The molecule has 5 rings (SSSR count). The Labute approximate surface area is 197 Å². The summed E-state index contributed by atoms with van der Waals surface area (Å²) in [5.74, 6) is 2.53. The number of nitrogens with zero attached hydrogens (tertiary/aromatic N) is 2. The van der Waals surface area contributed by atoms with E-state index in [-0.39, 0.29) is 29.2 Å². The lowest BCUT2D eigenvalue weighted by atomic mass is 9.47. The van der Waals surface area contributed by atoms with Crippen molar-refractivity contribution in [2.45, 2.75) is 71.4 Å². The minimum absolute atomic E-state index is 0.0545. The van der Waals surface area contributed by atoms with Gasteiger partial charge in [0, 0.05) is 37.1 Å². The summed E-state index contributed by atoms with van der Waals surface area (Å²) < 4.78 is 0.816. The molecule has 7 atom stereocenters. The number of carbonyl (C=O) groups is 2. The Morgan fingerprint density at radius 3 is 2.79 bits per heavy atom. The molecule has 0 bridgehead atoms. The number of rotatable bonds is 4. The van der Waals surface area contributed by atoms with E-state index >= 15 is 0 Å². The fraction of sp³-hybridized carbons (Fsp3) is 0.667. The van der Waals surface area contributed by atoms with Gasteiger partial charge >= 0.3 is 0 Å². The Balaban J connectivity index is 1.27. The van der Waals surface area contributed by atoms with E-state index in [0.29, 0.717) is 41.8 Å². The molecule has 3 fully saturated rings. The first-order chi connectivity index (χ1) is 15.7. The highest BCUT2D eigenvalue weighted by Gasteiger charge is 2.60. The number of nitrogens with one attached hydrogen (secondary N) is 1. The van der Waals surface area contributed by atoms with E-state index in [2.05, 4.69) is 25.2 Å². The van der Waals surface area contributed by atoms with Gasteiger partial charge in [0.1, 0.15) is 6.54 Å². The molecule has 1 aliphatic heterocycles. The molecule has 1 aromatic rings. The molecule has 2 amide bonds. The topological polar surface area (TPSA) is 76.4 Å². The second kappa shape index (κ2) is 8.14. The summed E-state index contributed by atoms with van der Waals surface area (Å²) in [6, 6.07) is 5.58. The largest absolute Gasteiger partial charge is 0.618 e. The summed E-state index contributed by atoms with van der Waals surface area (Å²) in [5.41, 5.74) is 0.828. The maximum Gasteiger partial charge on any atom is 0.246 e. The zero-order valence-electron chi connectivity index (χ0n) is 20.1. The van der Waals surface area contributed by atoms with Crippen LogP contribution in [0.1, 0.15) is 64.5 Å². The van der Waals surface area contributed by atoms with Gasteiger partial charge in [-0.15, -0.1) is 0 Å². The number of pyridine rings is 1. The third kappa shape index (κ3) is 3.57. The van der Waals surface area contributed by atoms with Gasteiger partial charge in [0.15, 0.2) is 6.20 Å². The zero-order valence-corrected chi connectivity index (χ0v) is 20.1. The van der Waals surface area contributed by atoms with E-state index in [1.165, 1.54) is 25.5 Å². The number of aromatic nitrogens is 1. The maximum atomic E-state index is 12.8. The second-order valence-corrected chi connectivity index (χ2v) is 11.4. The van der Waals surface area contributed by atoms with Gasteiger partial charge in [-0.2, -0.15) is 4.73 Å². The van der Waals surface area contributed by atoms with E-state index < -0.39 is 0 Å². The maximum absolute atomic E-state index is 12.8. The predicted molar refractivity (Wildman–Crippen MR) is 125 cm³/mol. The Morgan fingerprint density at radius 1 is 1.18 bits per heavy atom. The Kier molecular flexibility index (Phi) is 5.53. The number of carbonyl (C=O) groups excluding carboxylic acids is 2. The molecule has 1 aromatic heterocycles.